The van der Waals surface area contributed by atoms with E-state index in [4.69, 9.17) is 16.1 Å². The van der Waals surface area contributed by atoms with Gasteiger partial charge in [-0.2, -0.15) is 4.98 Å². The maximum Gasteiger partial charge on any atom is 0.270 e. The Morgan fingerprint density at radius 1 is 0.958 bits per heavy atom. The highest BCUT2D eigenvalue weighted by Crippen LogP contribution is 2.31. The van der Waals surface area contributed by atoms with Crippen molar-refractivity contribution in [1.29, 1.82) is 0 Å². The minimum atomic E-state index is -0.564. The predicted molar refractivity (Wildman–Crippen MR) is 83.5 cm³/mol. The second-order valence-electron chi connectivity index (χ2n) is 4.65. The number of nitro groups is 2. The van der Waals surface area contributed by atoms with Crippen LogP contribution in [-0.4, -0.2) is 20.0 Å². The quantitative estimate of drug-likeness (QED) is 0.518. The fraction of sp³-hybridized carbons (Fsp3) is 0. The summed E-state index contributed by atoms with van der Waals surface area (Å²) < 4.78 is 5.11. The fourth-order valence-corrected chi connectivity index (χ4v) is 2.23. The van der Waals surface area contributed by atoms with Gasteiger partial charge in [-0.25, -0.2) is 0 Å². The van der Waals surface area contributed by atoms with Gasteiger partial charge in [-0.15, -0.1) is 0 Å². The first-order chi connectivity index (χ1) is 11.5. The third kappa shape index (κ3) is 2.92. The fourth-order valence-electron chi connectivity index (χ4n) is 1.97. The van der Waals surface area contributed by atoms with Crippen LogP contribution >= 0.6 is 11.6 Å². The lowest BCUT2D eigenvalue weighted by Gasteiger charge is -1.98. The summed E-state index contributed by atoms with van der Waals surface area (Å²) in [6, 6.07) is 9.50. The normalized spacial score (nSPS) is 10.5. The van der Waals surface area contributed by atoms with E-state index in [-0.39, 0.29) is 28.1 Å². The van der Waals surface area contributed by atoms with Gasteiger partial charge in [-0.05, 0) is 18.2 Å². The molecule has 0 aliphatic rings. The highest BCUT2D eigenvalue weighted by Gasteiger charge is 2.17. The smallest absolute Gasteiger partial charge is 0.270 e. The molecule has 0 N–H and O–H groups in total. The largest absolute Gasteiger partial charge is 0.334 e. The van der Waals surface area contributed by atoms with E-state index in [9.17, 15) is 20.2 Å². The molecule has 9 nitrogen and oxygen atoms in total. The van der Waals surface area contributed by atoms with Gasteiger partial charge in [0.15, 0.2) is 0 Å². The molecule has 0 bridgehead atoms. The summed E-state index contributed by atoms with van der Waals surface area (Å²) in [6.07, 6.45) is 0. The number of rotatable bonds is 4. The van der Waals surface area contributed by atoms with Crippen molar-refractivity contribution in [2.45, 2.75) is 0 Å². The van der Waals surface area contributed by atoms with Gasteiger partial charge >= 0.3 is 0 Å². The molecule has 24 heavy (non-hydrogen) atoms. The minimum Gasteiger partial charge on any atom is -0.334 e. The van der Waals surface area contributed by atoms with Gasteiger partial charge in [0, 0.05) is 29.8 Å². The van der Waals surface area contributed by atoms with Crippen LogP contribution in [0.3, 0.4) is 0 Å². The Bertz CT molecular complexity index is 939. The number of benzene rings is 2. The van der Waals surface area contributed by atoms with E-state index in [1.165, 1.54) is 42.5 Å². The molecule has 0 saturated heterocycles. The lowest BCUT2D eigenvalue weighted by molar-refractivity contribution is -0.385. The van der Waals surface area contributed by atoms with E-state index in [0.717, 1.165) is 0 Å². The monoisotopic (exact) mass is 346 g/mol. The summed E-state index contributed by atoms with van der Waals surface area (Å²) in [5, 5.41) is 25.2. The predicted octanol–water partition coefficient (Wildman–Crippen LogP) is 3.87. The van der Waals surface area contributed by atoms with Crippen molar-refractivity contribution in [2.75, 3.05) is 0 Å². The molecule has 0 spiro atoms. The first kappa shape index (κ1) is 15.6. The maximum absolute atomic E-state index is 10.7. The van der Waals surface area contributed by atoms with E-state index in [1.807, 2.05) is 0 Å². The maximum atomic E-state index is 10.7. The Hall–Kier alpha value is -3.33. The Morgan fingerprint density at radius 3 is 2.17 bits per heavy atom. The van der Waals surface area contributed by atoms with Crippen LogP contribution in [0, 0.1) is 20.2 Å². The molecular formula is C14H7ClN4O5. The van der Waals surface area contributed by atoms with E-state index in [0.29, 0.717) is 11.1 Å². The summed E-state index contributed by atoms with van der Waals surface area (Å²) in [4.78, 5) is 24.4. The number of non-ortho nitro benzene ring substituents is 2. The zero-order chi connectivity index (χ0) is 17.3. The number of halogens is 1. The van der Waals surface area contributed by atoms with Crippen LogP contribution in [0.5, 0.6) is 0 Å². The number of nitro benzene ring substituents is 2. The number of hydrogen-bond donors (Lipinski definition) is 0. The van der Waals surface area contributed by atoms with Gasteiger partial charge in [-0.3, -0.25) is 20.2 Å². The molecule has 1 aromatic heterocycles. The SMILES string of the molecule is O=[N+]([O-])c1ccc(-c2noc(-c3ccc([N+](=O)[O-])cc3Cl)n2)cc1. The van der Waals surface area contributed by atoms with Crippen LogP contribution in [0.2, 0.25) is 5.02 Å². The van der Waals surface area contributed by atoms with Gasteiger partial charge in [0.1, 0.15) is 0 Å². The van der Waals surface area contributed by atoms with Crippen LogP contribution in [0.15, 0.2) is 47.0 Å². The average Bonchev–Trinajstić information content (AvgIpc) is 3.04. The van der Waals surface area contributed by atoms with Crippen LogP contribution in [-0.2, 0) is 0 Å². The zero-order valence-corrected chi connectivity index (χ0v) is 12.5. The Kier molecular flexibility index (Phi) is 3.92. The molecule has 0 saturated carbocycles. The summed E-state index contributed by atoms with van der Waals surface area (Å²) >= 11 is 6.01. The van der Waals surface area contributed by atoms with Crippen molar-refractivity contribution in [1.82, 2.24) is 10.1 Å². The van der Waals surface area contributed by atoms with E-state index in [1.54, 1.807) is 0 Å². The molecule has 0 amide bonds. The summed E-state index contributed by atoms with van der Waals surface area (Å²) in [5.41, 5.74) is 0.663. The molecule has 0 aliphatic heterocycles. The topological polar surface area (TPSA) is 125 Å². The molecular weight excluding hydrogens is 340 g/mol. The number of nitrogens with zero attached hydrogens (tertiary/aromatic N) is 4. The van der Waals surface area contributed by atoms with Crippen molar-refractivity contribution in [3.8, 4) is 22.8 Å². The van der Waals surface area contributed by atoms with E-state index >= 15 is 0 Å². The molecule has 10 heteroatoms. The molecule has 0 fully saturated rings. The van der Waals surface area contributed by atoms with Crippen molar-refractivity contribution in [3.63, 3.8) is 0 Å². The first-order valence-corrected chi connectivity index (χ1v) is 6.86. The van der Waals surface area contributed by atoms with Crippen LogP contribution in [0.4, 0.5) is 11.4 Å². The minimum absolute atomic E-state index is 0.0547. The number of hydrogen-bond acceptors (Lipinski definition) is 7. The summed E-state index contributed by atoms with van der Waals surface area (Å²) in [7, 11) is 0. The van der Waals surface area contributed by atoms with E-state index < -0.39 is 9.85 Å². The third-order valence-corrected chi connectivity index (χ3v) is 3.47. The molecule has 120 valence electrons. The van der Waals surface area contributed by atoms with Crippen LogP contribution in [0.1, 0.15) is 0 Å². The van der Waals surface area contributed by atoms with Gasteiger partial charge in [-0.1, -0.05) is 16.8 Å². The molecule has 1 heterocycles. The van der Waals surface area contributed by atoms with Gasteiger partial charge in [0.2, 0.25) is 5.82 Å². The van der Waals surface area contributed by atoms with Crippen molar-refractivity contribution in [2.24, 2.45) is 0 Å². The molecule has 0 aliphatic carbocycles. The second kappa shape index (κ2) is 6.05. The molecule has 0 unspecified atom stereocenters. The van der Waals surface area contributed by atoms with Crippen LogP contribution < -0.4 is 0 Å². The highest BCUT2D eigenvalue weighted by molar-refractivity contribution is 6.33. The highest BCUT2D eigenvalue weighted by atomic mass is 35.5. The standard InChI is InChI=1S/C14H7ClN4O5/c15-12-7-10(19(22)23)5-6-11(12)14-16-13(17-24-14)8-1-3-9(4-2-8)18(20)21/h1-7H. The van der Waals surface area contributed by atoms with Crippen LogP contribution in [0.25, 0.3) is 22.8 Å². The lowest BCUT2D eigenvalue weighted by atomic mass is 10.2. The molecule has 3 aromatic rings. The molecule has 0 atom stereocenters. The summed E-state index contributed by atoms with van der Waals surface area (Å²) in [6.45, 7) is 0. The third-order valence-electron chi connectivity index (χ3n) is 3.16. The zero-order valence-electron chi connectivity index (χ0n) is 11.7. The van der Waals surface area contributed by atoms with Crippen molar-refractivity contribution < 1.29 is 14.4 Å². The van der Waals surface area contributed by atoms with Gasteiger partial charge < -0.3 is 4.52 Å². The first-order valence-electron chi connectivity index (χ1n) is 6.48. The Labute approximate surface area is 138 Å². The Morgan fingerprint density at radius 2 is 1.58 bits per heavy atom. The molecule has 2 aromatic carbocycles. The second-order valence-corrected chi connectivity index (χ2v) is 5.06. The molecule has 3 rings (SSSR count). The molecule has 0 radical (unpaired) electrons. The number of aromatic nitrogens is 2. The lowest BCUT2D eigenvalue weighted by Crippen LogP contribution is -1.89. The Balaban J connectivity index is 1.93. The van der Waals surface area contributed by atoms with Gasteiger partial charge in [0.05, 0.1) is 20.4 Å². The van der Waals surface area contributed by atoms with Gasteiger partial charge in [0.25, 0.3) is 17.3 Å². The summed E-state index contributed by atoms with van der Waals surface area (Å²) in [5.74, 6) is 0.303. The van der Waals surface area contributed by atoms with Crippen molar-refractivity contribution in [3.05, 3.63) is 67.7 Å². The average molecular weight is 347 g/mol. The van der Waals surface area contributed by atoms with Crippen molar-refractivity contribution >= 4 is 23.0 Å². The van der Waals surface area contributed by atoms with E-state index in [2.05, 4.69) is 10.1 Å².